The van der Waals surface area contributed by atoms with Gasteiger partial charge < -0.3 is 14.8 Å². The van der Waals surface area contributed by atoms with E-state index in [4.69, 9.17) is 21.1 Å². The predicted molar refractivity (Wildman–Crippen MR) is 136 cm³/mol. The van der Waals surface area contributed by atoms with Crippen LogP contribution in [-0.2, 0) is 21.2 Å². The van der Waals surface area contributed by atoms with Crippen molar-refractivity contribution in [2.75, 3.05) is 18.0 Å². The van der Waals surface area contributed by atoms with Gasteiger partial charge in [-0.25, -0.2) is 8.42 Å². The molecule has 1 amide bonds. The molecule has 1 aliphatic rings. The second kappa shape index (κ2) is 9.79. The number of halogens is 1. The zero-order valence-electron chi connectivity index (χ0n) is 19.7. The third kappa shape index (κ3) is 5.55. The molecule has 1 atom stereocenters. The summed E-state index contributed by atoms with van der Waals surface area (Å²) in [5.74, 6) is 0.396. The molecule has 35 heavy (non-hydrogen) atoms. The summed E-state index contributed by atoms with van der Waals surface area (Å²) in [4.78, 5) is 13.3. The van der Waals surface area contributed by atoms with E-state index in [2.05, 4.69) is 5.32 Å². The highest BCUT2D eigenvalue weighted by molar-refractivity contribution is 7.92. The normalized spacial score (nSPS) is 15.7. The molecule has 1 N–H and O–H groups in total. The molecule has 0 fully saturated rings. The summed E-state index contributed by atoms with van der Waals surface area (Å²) >= 11 is 6.17. The van der Waals surface area contributed by atoms with Gasteiger partial charge in [-0.3, -0.25) is 9.10 Å². The number of nitrogens with zero attached hydrogens (tertiary/aromatic N) is 1. The summed E-state index contributed by atoms with van der Waals surface area (Å²) in [5.41, 5.74) is 0.772. The Morgan fingerprint density at radius 3 is 2.46 bits per heavy atom. The highest BCUT2D eigenvalue weighted by Crippen LogP contribution is 2.39. The molecule has 184 valence electrons. The Bertz CT molecular complexity index is 1310. The van der Waals surface area contributed by atoms with Gasteiger partial charge in [-0.05, 0) is 68.3 Å². The van der Waals surface area contributed by atoms with Crippen LogP contribution in [0.1, 0.15) is 19.4 Å². The number of hydrogen-bond donors (Lipinski definition) is 1. The van der Waals surface area contributed by atoms with Gasteiger partial charge in [0, 0.05) is 10.6 Å². The number of methoxy groups -OCH3 is 1. The average Bonchev–Trinajstić information content (AvgIpc) is 2.83. The Kier molecular flexibility index (Phi) is 6.96. The molecule has 0 aliphatic carbocycles. The van der Waals surface area contributed by atoms with Gasteiger partial charge in [0.05, 0.1) is 24.2 Å². The summed E-state index contributed by atoms with van der Waals surface area (Å²) in [7, 11) is -2.51. The maximum Gasteiger partial charge on any atom is 0.264 e. The molecule has 1 heterocycles. The molecular formula is C26H27ClN2O5S. The Morgan fingerprint density at radius 1 is 1.11 bits per heavy atom. The first-order chi connectivity index (χ1) is 16.6. The van der Waals surface area contributed by atoms with E-state index in [0.717, 1.165) is 5.56 Å². The number of carbonyl (C=O) groups is 1. The van der Waals surface area contributed by atoms with Crippen LogP contribution < -0.4 is 19.1 Å². The van der Waals surface area contributed by atoms with Gasteiger partial charge in [0.1, 0.15) is 11.5 Å². The Balaban J connectivity index is 1.62. The van der Waals surface area contributed by atoms with Gasteiger partial charge in [-0.1, -0.05) is 41.9 Å². The van der Waals surface area contributed by atoms with Crippen molar-refractivity contribution in [2.45, 2.75) is 36.8 Å². The minimum absolute atomic E-state index is 0.0645. The zero-order chi connectivity index (χ0) is 25.2. The molecule has 3 aromatic rings. The molecule has 0 aromatic heterocycles. The van der Waals surface area contributed by atoms with E-state index >= 15 is 0 Å². The fourth-order valence-corrected chi connectivity index (χ4v) is 5.66. The van der Waals surface area contributed by atoms with Crippen molar-refractivity contribution >= 4 is 33.2 Å². The maximum absolute atomic E-state index is 13.6. The number of fused-ring (bicyclic) bond motifs is 1. The number of hydrogen-bond acceptors (Lipinski definition) is 5. The predicted octanol–water partition coefficient (Wildman–Crippen LogP) is 4.44. The fraction of sp³-hybridized carbons (Fsp3) is 0.269. The minimum atomic E-state index is -4.02. The molecule has 0 radical (unpaired) electrons. The third-order valence-corrected chi connectivity index (χ3v) is 7.71. The largest absolute Gasteiger partial charge is 0.497 e. The molecule has 1 aliphatic heterocycles. The minimum Gasteiger partial charge on any atom is -0.497 e. The summed E-state index contributed by atoms with van der Waals surface area (Å²) < 4.78 is 39.5. The molecule has 0 unspecified atom stereocenters. The van der Waals surface area contributed by atoms with E-state index in [0.29, 0.717) is 17.2 Å². The summed E-state index contributed by atoms with van der Waals surface area (Å²) in [6.07, 6.45) is -0.446. The molecule has 4 rings (SSSR count). The molecule has 3 aromatic carbocycles. The summed E-state index contributed by atoms with van der Waals surface area (Å²) in [6.45, 7) is 3.63. The van der Waals surface area contributed by atoms with E-state index in [9.17, 15) is 13.2 Å². The van der Waals surface area contributed by atoms with Crippen molar-refractivity contribution in [2.24, 2.45) is 0 Å². The van der Waals surface area contributed by atoms with Gasteiger partial charge in [0.25, 0.3) is 15.9 Å². The molecular weight excluding hydrogens is 488 g/mol. The molecule has 7 nitrogen and oxygen atoms in total. The smallest absolute Gasteiger partial charge is 0.264 e. The Labute approximate surface area is 210 Å². The summed E-state index contributed by atoms with van der Waals surface area (Å²) in [6, 6.07) is 20.6. The van der Waals surface area contributed by atoms with Gasteiger partial charge >= 0.3 is 0 Å². The van der Waals surface area contributed by atoms with Gasteiger partial charge in [0.15, 0.2) is 6.10 Å². The number of nitrogens with one attached hydrogen (secondary N) is 1. The second-order valence-corrected chi connectivity index (χ2v) is 11.3. The fourth-order valence-electron chi connectivity index (χ4n) is 4.03. The zero-order valence-corrected chi connectivity index (χ0v) is 21.3. The number of carbonyl (C=O) groups excluding carboxylic acids is 1. The maximum atomic E-state index is 13.6. The first-order valence-electron chi connectivity index (χ1n) is 11.1. The first kappa shape index (κ1) is 24.9. The monoisotopic (exact) mass is 514 g/mol. The van der Waals surface area contributed by atoms with E-state index in [1.54, 1.807) is 24.3 Å². The molecule has 9 heteroatoms. The van der Waals surface area contributed by atoms with Gasteiger partial charge in [-0.2, -0.15) is 0 Å². The van der Waals surface area contributed by atoms with E-state index in [1.165, 1.54) is 29.6 Å². The van der Waals surface area contributed by atoms with Crippen LogP contribution in [0.25, 0.3) is 0 Å². The van der Waals surface area contributed by atoms with Crippen molar-refractivity contribution in [3.63, 3.8) is 0 Å². The average molecular weight is 515 g/mol. The van der Waals surface area contributed by atoms with E-state index < -0.39 is 27.6 Å². The third-order valence-electron chi connectivity index (χ3n) is 5.68. The van der Waals surface area contributed by atoms with Crippen LogP contribution in [-0.4, -0.2) is 39.6 Å². The van der Waals surface area contributed by atoms with Crippen LogP contribution in [0.3, 0.4) is 0 Å². The molecule has 0 saturated heterocycles. The lowest BCUT2D eigenvalue weighted by Crippen LogP contribution is -2.55. The van der Waals surface area contributed by atoms with E-state index in [-0.39, 0.29) is 22.9 Å². The van der Waals surface area contributed by atoms with Crippen LogP contribution in [0.2, 0.25) is 5.02 Å². The highest BCUT2D eigenvalue weighted by atomic mass is 35.5. The summed E-state index contributed by atoms with van der Waals surface area (Å²) in [5, 5.41) is 3.37. The number of sulfonamides is 1. The van der Waals surface area contributed by atoms with Crippen molar-refractivity contribution in [1.82, 2.24) is 5.32 Å². The van der Waals surface area contributed by atoms with Crippen LogP contribution in [0.4, 0.5) is 5.69 Å². The lowest BCUT2D eigenvalue weighted by Gasteiger charge is -2.36. The van der Waals surface area contributed by atoms with Gasteiger partial charge in [0.2, 0.25) is 0 Å². The molecule has 0 saturated carbocycles. The number of anilines is 1. The Hall–Kier alpha value is -3.23. The van der Waals surface area contributed by atoms with Crippen LogP contribution in [0.15, 0.2) is 77.7 Å². The molecule has 0 spiro atoms. The quantitative estimate of drug-likeness (QED) is 0.504. The number of ether oxygens (including phenoxy) is 2. The topological polar surface area (TPSA) is 84.9 Å². The Morgan fingerprint density at radius 2 is 1.80 bits per heavy atom. The van der Waals surface area contributed by atoms with Crippen molar-refractivity contribution < 1.29 is 22.7 Å². The SMILES string of the molecule is COc1ccc(S(=O)(=O)N2C[C@H](C(=O)NC(C)(C)Cc3ccccc3)Oc3ccc(Cl)cc32)cc1. The second-order valence-electron chi connectivity index (χ2n) is 8.97. The van der Waals surface area contributed by atoms with Crippen molar-refractivity contribution in [1.29, 1.82) is 0 Å². The highest BCUT2D eigenvalue weighted by Gasteiger charge is 2.39. The lowest BCUT2D eigenvalue weighted by atomic mass is 9.94. The van der Waals surface area contributed by atoms with Gasteiger partial charge in [-0.15, -0.1) is 0 Å². The lowest BCUT2D eigenvalue weighted by molar-refractivity contribution is -0.129. The number of amides is 1. The molecule has 0 bridgehead atoms. The number of rotatable bonds is 7. The van der Waals surface area contributed by atoms with Crippen molar-refractivity contribution in [3.8, 4) is 11.5 Å². The van der Waals surface area contributed by atoms with Crippen molar-refractivity contribution in [3.05, 3.63) is 83.4 Å². The number of benzene rings is 3. The van der Waals surface area contributed by atoms with Crippen LogP contribution >= 0.6 is 11.6 Å². The van der Waals surface area contributed by atoms with Crippen LogP contribution in [0.5, 0.6) is 11.5 Å². The van der Waals surface area contributed by atoms with Crippen LogP contribution in [0, 0.1) is 0 Å². The standard InChI is InChI=1S/C26H27ClN2O5S/c1-26(2,16-18-7-5-4-6-8-18)28-25(30)24-17-29(22-15-19(27)9-14-23(22)34-24)35(31,32)21-12-10-20(33-3)11-13-21/h4-15,24H,16-17H2,1-3H3,(H,28,30)/t24-/m1/s1. The van der Waals surface area contributed by atoms with E-state index in [1.807, 2.05) is 44.2 Å². The first-order valence-corrected chi connectivity index (χ1v) is 12.9.